The fourth-order valence-electron chi connectivity index (χ4n) is 3.05. The molecule has 0 fully saturated rings. The molecule has 2 rings (SSSR count). The van der Waals surface area contributed by atoms with Gasteiger partial charge in [-0.15, -0.1) is 0 Å². The molecule has 1 N–H and O–H groups in total. The first-order valence-corrected chi connectivity index (χ1v) is 7.52. The number of hydrogen-bond acceptors (Lipinski definition) is 2. The highest BCUT2D eigenvalue weighted by Crippen LogP contribution is 2.32. The Hall–Kier alpha value is -2.03. The second-order valence-corrected chi connectivity index (χ2v) is 7.63. The number of fused-ring (bicyclic) bond motifs is 1. The van der Waals surface area contributed by atoms with Crippen LogP contribution in [0.25, 0.3) is 10.8 Å². The molecule has 0 aromatic heterocycles. The summed E-state index contributed by atoms with van der Waals surface area (Å²) in [6, 6.07) is 10.9. The van der Waals surface area contributed by atoms with E-state index in [1.165, 1.54) is 0 Å². The van der Waals surface area contributed by atoms with Gasteiger partial charge in [-0.2, -0.15) is 0 Å². The Balaban J connectivity index is 2.26. The van der Waals surface area contributed by atoms with E-state index in [1.807, 2.05) is 24.3 Å². The van der Waals surface area contributed by atoms with E-state index in [-0.39, 0.29) is 11.0 Å². The van der Waals surface area contributed by atoms with E-state index in [1.54, 1.807) is 12.1 Å². The smallest absolute Gasteiger partial charge is 0.335 e. The average Bonchev–Trinajstić information content (AvgIpc) is 2.34. The molecule has 0 saturated carbocycles. The number of aromatic carboxylic acids is 1. The van der Waals surface area contributed by atoms with Crippen LogP contribution in [0.5, 0.6) is 5.75 Å². The van der Waals surface area contributed by atoms with Crippen molar-refractivity contribution >= 4 is 16.7 Å². The zero-order valence-electron chi connectivity index (χ0n) is 13.9. The zero-order chi connectivity index (χ0) is 16.5. The SMILES string of the molecule is CC(C)(C)CC(C)(C)Oc1ccc2cc(C(=O)O)ccc2c1. The summed E-state index contributed by atoms with van der Waals surface area (Å²) in [6.45, 7) is 10.8. The van der Waals surface area contributed by atoms with Crippen molar-refractivity contribution in [3.05, 3.63) is 42.0 Å². The highest BCUT2D eigenvalue weighted by molar-refractivity contribution is 5.94. The molecular weight excluding hydrogens is 276 g/mol. The molecule has 3 heteroatoms. The standard InChI is InChI=1S/C19H24O3/c1-18(2,3)12-19(4,5)22-16-9-8-13-10-15(17(20)21)7-6-14(13)11-16/h6-11H,12H2,1-5H3,(H,20,21). The second-order valence-electron chi connectivity index (χ2n) is 7.63. The van der Waals surface area contributed by atoms with Gasteiger partial charge in [0.15, 0.2) is 0 Å². The van der Waals surface area contributed by atoms with E-state index in [2.05, 4.69) is 34.6 Å². The van der Waals surface area contributed by atoms with Crippen LogP contribution in [0.1, 0.15) is 51.4 Å². The normalized spacial score (nSPS) is 12.4. The summed E-state index contributed by atoms with van der Waals surface area (Å²) in [7, 11) is 0. The van der Waals surface area contributed by atoms with Gasteiger partial charge in [-0.3, -0.25) is 0 Å². The molecule has 118 valence electrons. The van der Waals surface area contributed by atoms with Gasteiger partial charge in [0.05, 0.1) is 5.56 Å². The molecule has 0 aliphatic rings. The second kappa shape index (κ2) is 5.64. The molecule has 0 unspecified atom stereocenters. The molecule has 0 aliphatic heterocycles. The third-order valence-electron chi connectivity index (χ3n) is 3.41. The van der Waals surface area contributed by atoms with Gasteiger partial charge >= 0.3 is 5.97 Å². The van der Waals surface area contributed by atoms with Crippen molar-refractivity contribution in [1.82, 2.24) is 0 Å². The van der Waals surface area contributed by atoms with E-state index in [0.717, 1.165) is 22.9 Å². The summed E-state index contributed by atoms with van der Waals surface area (Å²) in [5.41, 5.74) is 0.234. The van der Waals surface area contributed by atoms with Crippen LogP contribution in [0.2, 0.25) is 0 Å². The maximum Gasteiger partial charge on any atom is 0.335 e. The maximum atomic E-state index is 11.0. The highest BCUT2D eigenvalue weighted by atomic mass is 16.5. The summed E-state index contributed by atoms with van der Waals surface area (Å²) in [5.74, 6) is -0.0987. The van der Waals surface area contributed by atoms with Crippen molar-refractivity contribution in [2.24, 2.45) is 5.41 Å². The van der Waals surface area contributed by atoms with Crippen molar-refractivity contribution in [3.63, 3.8) is 0 Å². The number of benzene rings is 2. The molecule has 0 saturated heterocycles. The Morgan fingerprint density at radius 3 is 2.18 bits per heavy atom. The summed E-state index contributed by atoms with van der Waals surface area (Å²) in [5, 5.41) is 10.9. The highest BCUT2D eigenvalue weighted by Gasteiger charge is 2.27. The number of carbonyl (C=O) groups is 1. The Bertz CT molecular complexity index is 693. The quantitative estimate of drug-likeness (QED) is 0.851. The van der Waals surface area contributed by atoms with Crippen molar-refractivity contribution in [3.8, 4) is 5.75 Å². The van der Waals surface area contributed by atoms with Crippen LogP contribution in [0.15, 0.2) is 36.4 Å². The topological polar surface area (TPSA) is 46.5 Å². The number of carboxylic acid groups (broad SMARTS) is 1. The van der Waals surface area contributed by atoms with Crippen LogP contribution in [0.4, 0.5) is 0 Å². The number of carboxylic acids is 1. The van der Waals surface area contributed by atoms with Gasteiger partial charge in [-0.1, -0.05) is 32.9 Å². The molecule has 0 aliphatic carbocycles. The minimum atomic E-state index is -0.909. The van der Waals surface area contributed by atoms with Crippen molar-refractivity contribution in [2.75, 3.05) is 0 Å². The number of rotatable bonds is 4. The third-order valence-corrected chi connectivity index (χ3v) is 3.41. The summed E-state index contributed by atoms with van der Waals surface area (Å²) in [4.78, 5) is 11.0. The number of hydrogen-bond donors (Lipinski definition) is 1. The lowest BCUT2D eigenvalue weighted by Crippen LogP contribution is -2.33. The summed E-state index contributed by atoms with van der Waals surface area (Å²) < 4.78 is 6.15. The monoisotopic (exact) mass is 300 g/mol. The first kappa shape index (κ1) is 16.3. The fraction of sp³-hybridized carbons (Fsp3) is 0.421. The van der Waals surface area contributed by atoms with E-state index >= 15 is 0 Å². The number of ether oxygens (including phenoxy) is 1. The molecular formula is C19H24O3. The zero-order valence-corrected chi connectivity index (χ0v) is 13.9. The Morgan fingerprint density at radius 2 is 1.59 bits per heavy atom. The van der Waals surface area contributed by atoms with Crippen LogP contribution in [-0.4, -0.2) is 16.7 Å². The van der Waals surface area contributed by atoms with Gasteiger partial charge in [0, 0.05) is 0 Å². The largest absolute Gasteiger partial charge is 0.488 e. The van der Waals surface area contributed by atoms with Crippen LogP contribution < -0.4 is 4.74 Å². The van der Waals surface area contributed by atoms with E-state index in [0.29, 0.717) is 5.56 Å². The van der Waals surface area contributed by atoms with E-state index in [4.69, 9.17) is 9.84 Å². The first-order valence-electron chi connectivity index (χ1n) is 7.52. The molecule has 2 aromatic carbocycles. The molecule has 0 atom stereocenters. The Labute approximate surface area is 131 Å². The van der Waals surface area contributed by atoms with Gasteiger partial charge in [0.2, 0.25) is 0 Å². The van der Waals surface area contributed by atoms with Crippen LogP contribution >= 0.6 is 0 Å². The Kier molecular flexibility index (Phi) is 4.19. The third kappa shape index (κ3) is 4.23. The first-order chi connectivity index (χ1) is 10.1. The van der Waals surface area contributed by atoms with Gasteiger partial charge in [-0.25, -0.2) is 4.79 Å². The predicted molar refractivity (Wildman–Crippen MR) is 89.7 cm³/mol. The molecule has 0 heterocycles. The van der Waals surface area contributed by atoms with Gasteiger partial charge in [0.1, 0.15) is 11.4 Å². The van der Waals surface area contributed by atoms with E-state index in [9.17, 15) is 4.79 Å². The van der Waals surface area contributed by atoms with Crippen molar-refractivity contribution in [2.45, 2.75) is 46.6 Å². The van der Waals surface area contributed by atoms with Crippen LogP contribution in [0.3, 0.4) is 0 Å². The lowest BCUT2D eigenvalue weighted by Gasteiger charge is -2.33. The minimum Gasteiger partial charge on any atom is -0.488 e. The fourth-order valence-corrected chi connectivity index (χ4v) is 3.05. The molecule has 0 amide bonds. The summed E-state index contributed by atoms with van der Waals surface area (Å²) >= 11 is 0. The van der Waals surface area contributed by atoms with Gasteiger partial charge in [-0.05, 0) is 60.7 Å². The van der Waals surface area contributed by atoms with Gasteiger partial charge < -0.3 is 9.84 Å². The van der Waals surface area contributed by atoms with E-state index < -0.39 is 5.97 Å². The molecule has 2 aromatic rings. The Morgan fingerprint density at radius 1 is 1.00 bits per heavy atom. The lowest BCUT2D eigenvalue weighted by atomic mass is 9.83. The summed E-state index contributed by atoms with van der Waals surface area (Å²) in [6.07, 6.45) is 0.940. The molecule has 3 nitrogen and oxygen atoms in total. The molecule has 0 radical (unpaired) electrons. The minimum absolute atomic E-state index is 0.191. The maximum absolute atomic E-state index is 11.0. The van der Waals surface area contributed by atoms with Crippen LogP contribution in [-0.2, 0) is 0 Å². The molecule has 0 spiro atoms. The van der Waals surface area contributed by atoms with Gasteiger partial charge in [0.25, 0.3) is 0 Å². The average molecular weight is 300 g/mol. The molecule has 0 bridgehead atoms. The van der Waals surface area contributed by atoms with Crippen LogP contribution in [0, 0.1) is 5.41 Å². The molecule has 22 heavy (non-hydrogen) atoms. The lowest BCUT2D eigenvalue weighted by molar-refractivity contribution is 0.0623. The predicted octanol–water partition coefficient (Wildman–Crippen LogP) is 5.13. The van der Waals surface area contributed by atoms with Crippen molar-refractivity contribution in [1.29, 1.82) is 0 Å². The van der Waals surface area contributed by atoms with Crippen molar-refractivity contribution < 1.29 is 14.6 Å².